The minimum absolute atomic E-state index is 0.159. The van der Waals surface area contributed by atoms with E-state index in [4.69, 9.17) is 10.2 Å². The summed E-state index contributed by atoms with van der Waals surface area (Å²) < 4.78 is 47.6. The maximum absolute atomic E-state index is 11.9. The zero-order valence-electron chi connectivity index (χ0n) is 16.1. The summed E-state index contributed by atoms with van der Waals surface area (Å²) in [6.45, 7) is 0.318. The monoisotopic (exact) mass is 414 g/mol. The third kappa shape index (κ3) is 17.2. The van der Waals surface area contributed by atoms with Gasteiger partial charge in [-0.3, -0.25) is 0 Å². The second-order valence-corrected chi connectivity index (χ2v) is 11.6. The summed E-state index contributed by atoms with van der Waals surface area (Å²) in [6, 6.07) is 0. The zero-order valence-corrected chi connectivity index (χ0v) is 17.7. The van der Waals surface area contributed by atoms with Gasteiger partial charge in [0.1, 0.15) is 19.7 Å². The molecule has 26 heavy (non-hydrogen) atoms. The van der Waals surface area contributed by atoms with Crippen LogP contribution in [0.5, 0.6) is 0 Å². The number of rotatable bonds is 19. The Morgan fingerprint density at radius 3 is 0.846 bits per heavy atom. The Morgan fingerprint density at radius 1 is 0.385 bits per heavy atom. The summed E-state index contributed by atoms with van der Waals surface area (Å²) in [5.41, 5.74) is 0. The molecule has 2 N–H and O–H groups in total. The molecule has 0 aromatic heterocycles. The third-order valence-corrected chi connectivity index (χ3v) is 8.03. The van der Waals surface area contributed by atoms with E-state index in [2.05, 4.69) is 0 Å². The molecule has 0 aliphatic carbocycles. The van der Waals surface area contributed by atoms with Crippen LogP contribution in [0.2, 0.25) is 0 Å². The highest BCUT2D eigenvalue weighted by molar-refractivity contribution is 7.91. The Kier molecular flexibility index (Phi) is 15.7. The van der Waals surface area contributed by atoms with Gasteiger partial charge >= 0.3 is 0 Å². The van der Waals surface area contributed by atoms with Gasteiger partial charge in [-0.1, -0.05) is 38.5 Å². The highest BCUT2D eigenvalue weighted by Crippen LogP contribution is 2.09. The van der Waals surface area contributed by atoms with E-state index < -0.39 is 19.7 Å². The van der Waals surface area contributed by atoms with Crippen molar-refractivity contribution in [3.05, 3.63) is 0 Å². The molecule has 0 aromatic rings. The lowest BCUT2D eigenvalue weighted by molar-refractivity contribution is 0.282. The van der Waals surface area contributed by atoms with Crippen LogP contribution >= 0.6 is 0 Å². The summed E-state index contributed by atoms with van der Waals surface area (Å²) >= 11 is 0. The molecule has 0 aliphatic heterocycles. The van der Waals surface area contributed by atoms with Crippen molar-refractivity contribution in [1.82, 2.24) is 0 Å². The van der Waals surface area contributed by atoms with E-state index >= 15 is 0 Å². The van der Waals surface area contributed by atoms with Crippen LogP contribution in [-0.4, -0.2) is 63.3 Å². The first-order chi connectivity index (χ1) is 12.3. The molecule has 0 atom stereocenters. The highest BCUT2D eigenvalue weighted by Gasteiger charge is 2.12. The van der Waals surface area contributed by atoms with Gasteiger partial charge < -0.3 is 10.2 Å². The first-order valence-corrected chi connectivity index (χ1v) is 13.6. The summed E-state index contributed by atoms with van der Waals surface area (Å²) in [4.78, 5) is 0. The quantitative estimate of drug-likeness (QED) is 0.314. The molecular weight excluding hydrogens is 376 g/mol. The van der Waals surface area contributed by atoms with Crippen LogP contribution in [0.1, 0.15) is 77.0 Å². The van der Waals surface area contributed by atoms with Gasteiger partial charge in [-0.2, -0.15) is 0 Å². The highest BCUT2D eigenvalue weighted by atomic mass is 32.2. The largest absolute Gasteiger partial charge is 0.396 e. The molecule has 8 heteroatoms. The lowest BCUT2D eigenvalue weighted by atomic mass is 10.2. The Balaban J connectivity index is 3.66. The van der Waals surface area contributed by atoms with Crippen LogP contribution in [0.15, 0.2) is 0 Å². The fraction of sp³-hybridized carbons (Fsp3) is 1.00. The van der Waals surface area contributed by atoms with E-state index in [9.17, 15) is 16.8 Å². The molecule has 0 spiro atoms. The summed E-state index contributed by atoms with van der Waals surface area (Å²) in [5, 5.41) is 17.3. The molecule has 0 unspecified atom stereocenters. The third-order valence-electron chi connectivity index (χ3n) is 4.39. The zero-order chi connectivity index (χ0) is 19.7. The van der Waals surface area contributed by atoms with Crippen molar-refractivity contribution in [1.29, 1.82) is 0 Å². The van der Waals surface area contributed by atoms with Crippen molar-refractivity contribution in [2.75, 3.05) is 36.2 Å². The fourth-order valence-corrected chi connectivity index (χ4v) is 5.76. The summed E-state index contributed by atoms with van der Waals surface area (Å²) in [6.07, 6.45) is 8.83. The molecule has 0 saturated carbocycles. The SMILES string of the molecule is O=S(=O)(CCCCCCO)CCCCCCS(=O)(=O)CCCCCCO. The molecule has 0 heterocycles. The van der Waals surface area contributed by atoms with Gasteiger partial charge in [0.2, 0.25) is 0 Å². The van der Waals surface area contributed by atoms with Crippen LogP contribution in [0.3, 0.4) is 0 Å². The van der Waals surface area contributed by atoms with Crippen molar-refractivity contribution >= 4 is 19.7 Å². The number of unbranched alkanes of at least 4 members (excludes halogenated alkanes) is 9. The topological polar surface area (TPSA) is 109 Å². The normalized spacial score (nSPS) is 12.5. The number of aliphatic hydroxyl groups excluding tert-OH is 2. The number of sulfone groups is 2. The van der Waals surface area contributed by atoms with Crippen molar-refractivity contribution in [2.24, 2.45) is 0 Å². The summed E-state index contributed by atoms with van der Waals surface area (Å²) in [7, 11) is -6.01. The predicted molar refractivity (Wildman–Crippen MR) is 107 cm³/mol. The molecule has 0 amide bonds. The molecule has 0 saturated heterocycles. The molecule has 0 aliphatic rings. The molecule has 0 rings (SSSR count). The maximum atomic E-state index is 11.9. The Hall–Kier alpha value is -0.180. The number of hydrogen-bond acceptors (Lipinski definition) is 6. The van der Waals surface area contributed by atoms with Crippen LogP contribution in [0.4, 0.5) is 0 Å². The van der Waals surface area contributed by atoms with E-state index in [0.717, 1.165) is 51.4 Å². The molecule has 0 bridgehead atoms. The number of hydrogen-bond donors (Lipinski definition) is 2. The van der Waals surface area contributed by atoms with Gasteiger partial charge in [0.15, 0.2) is 0 Å². The van der Waals surface area contributed by atoms with Gasteiger partial charge in [-0.15, -0.1) is 0 Å². The van der Waals surface area contributed by atoms with Crippen LogP contribution in [0, 0.1) is 0 Å². The van der Waals surface area contributed by atoms with E-state index in [-0.39, 0.29) is 36.2 Å². The van der Waals surface area contributed by atoms with E-state index in [1.165, 1.54) is 0 Å². The second kappa shape index (κ2) is 15.8. The minimum atomic E-state index is -3.00. The molecule has 0 aromatic carbocycles. The second-order valence-electron chi connectivity index (χ2n) is 6.99. The van der Waals surface area contributed by atoms with Gasteiger partial charge in [0.05, 0.1) is 23.0 Å². The van der Waals surface area contributed by atoms with Crippen LogP contribution in [-0.2, 0) is 19.7 Å². The van der Waals surface area contributed by atoms with E-state index in [1.807, 2.05) is 0 Å². The van der Waals surface area contributed by atoms with Crippen molar-refractivity contribution in [3.8, 4) is 0 Å². The fourth-order valence-electron chi connectivity index (χ4n) is 2.78. The smallest absolute Gasteiger partial charge is 0.150 e. The Morgan fingerprint density at radius 2 is 0.615 bits per heavy atom. The molecule has 0 radical (unpaired) electrons. The lowest BCUT2D eigenvalue weighted by Crippen LogP contribution is -2.12. The number of aliphatic hydroxyl groups is 2. The summed E-state index contributed by atoms with van der Waals surface area (Å²) in [5.74, 6) is 0.793. The van der Waals surface area contributed by atoms with Crippen LogP contribution in [0.25, 0.3) is 0 Å². The Bertz CT molecular complexity index is 466. The van der Waals surface area contributed by atoms with Crippen LogP contribution < -0.4 is 0 Å². The van der Waals surface area contributed by atoms with Crippen molar-refractivity contribution in [3.63, 3.8) is 0 Å². The molecular formula is C18H38O6S2. The first-order valence-electron chi connectivity index (χ1n) is 9.95. The van der Waals surface area contributed by atoms with Gasteiger partial charge in [0, 0.05) is 13.2 Å². The lowest BCUT2D eigenvalue weighted by Gasteiger charge is -2.06. The van der Waals surface area contributed by atoms with Crippen molar-refractivity contribution < 1.29 is 27.0 Å². The van der Waals surface area contributed by atoms with E-state index in [0.29, 0.717) is 25.7 Å². The molecule has 158 valence electrons. The average Bonchev–Trinajstić information content (AvgIpc) is 2.57. The maximum Gasteiger partial charge on any atom is 0.150 e. The Labute approximate surface area is 160 Å². The standard InChI is InChI=1S/C18H38O6S2/c19-13-7-1-3-9-15-25(21,22)17-11-5-6-12-18-26(23,24)16-10-4-2-8-14-20/h19-20H,1-18H2. The minimum Gasteiger partial charge on any atom is -0.396 e. The molecule has 0 fully saturated rings. The molecule has 6 nitrogen and oxygen atoms in total. The van der Waals surface area contributed by atoms with Gasteiger partial charge in [-0.05, 0) is 38.5 Å². The van der Waals surface area contributed by atoms with Gasteiger partial charge in [0.25, 0.3) is 0 Å². The predicted octanol–water partition coefficient (Wildman–Crippen LogP) is 2.48. The average molecular weight is 415 g/mol. The first kappa shape index (κ1) is 25.8. The van der Waals surface area contributed by atoms with E-state index in [1.54, 1.807) is 0 Å². The van der Waals surface area contributed by atoms with Crippen molar-refractivity contribution in [2.45, 2.75) is 77.0 Å². The van der Waals surface area contributed by atoms with Gasteiger partial charge in [-0.25, -0.2) is 16.8 Å².